The number of halogens is 4. The van der Waals surface area contributed by atoms with Gasteiger partial charge in [-0.3, -0.25) is 23.5 Å². The Bertz CT molecular complexity index is 979. The number of aryl methyl sites for hydroxylation is 1. The third-order valence-electron chi connectivity index (χ3n) is 3.83. The second-order valence-corrected chi connectivity index (χ2v) is 6.52. The normalized spacial score (nSPS) is 11.4. The van der Waals surface area contributed by atoms with E-state index in [9.17, 15) is 18.4 Å². The van der Waals surface area contributed by atoms with Gasteiger partial charge >= 0.3 is 0 Å². The SMILES string of the molecule is CC/C(=C\CC(=O)NBr)n1c(C)cc(OCc2ncc(F)cc2F)c(Cl)c1=O. The third kappa shape index (κ3) is 5.17. The molecule has 0 radical (unpaired) electrons. The summed E-state index contributed by atoms with van der Waals surface area (Å²) in [7, 11) is 0. The van der Waals surface area contributed by atoms with Crippen LogP contribution in [-0.2, 0) is 11.4 Å². The lowest BCUT2D eigenvalue weighted by atomic mass is 10.2. The van der Waals surface area contributed by atoms with Gasteiger partial charge in [-0.15, -0.1) is 0 Å². The average Bonchev–Trinajstić information content (AvgIpc) is 2.66. The molecule has 0 unspecified atom stereocenters. The lowest BCUT2D eigenvalue weighted by Crippen LogP contribution is -2.23. The maximum atomic E-state index is 13.7. The molecule has 2 aromatic heterocycles. The van der Waals surface area contributed by atoms with E-state index in [1.807, 2.05) is 6.92 Å². The Morgan fingerprint density at radius 3 is 2.75 bits per heavy atom. The highest BCUT2D eigenvalue weighted by atomic mass is 79.9. The first-order valence-corrected chi connectivity index (χ1v) is 9.39. The van der Waals surface area contributed by atoms with E-state index in [-0.39, 0.29) is 35.4 Å². The number of pyridine rings is 2. The van der Waals surface area contributed by atoms with E-state index in [4.69, 9.17) is 16.3 Å². The number of ether oxygens (including phenoxy) is 1. The monoisotopic (exact) mass is 475 g/mol. The van der Waals surface area contributed by atoms with Crippen LogP contribution in [0.1, 0.15) is 31.2 Å². The summed E-state index contributed by atoms with van der Waals surface area (Å²) >= 11 is 9.00. The molecule has 2 aromatic rings. The fourth-order valence-electron chi connectivity index (χ4n) is 2.48. The van der Waals surface area contributed by atoms with Gasteiger partial charge in [-0.2, -0.15) is 0 Å². The first-order valence-electron chi connectivity index (χ1n) is 8.22. The molecule has 0 saturated carbocycles. The van der Waals surface area contributed by atoms with Crippen LogP contribution in [0.3, 0.4) is 0 Å². The molecule has 2 rings (SSSR count). The first-order chi connectivity index (χ1) is 13.3. The molecule has 0 aliphatic heterocycles. The topological polar surface area (TPSA) is 73.2 Å². The van der Waals surface area contributed by atoms with Crippen LogP contribution in [0, 0.1) is 18.6 Å². The van der Waals surface area contributed by atoms with Gasteiger partial charge in [-0.25, -0.2) is 8.78 Å². The maximum Gasteiger partial charge on any atom is 0.277 e. The molecule has 0 saturated heterocycles. The summed E-state index contributed by atoms with van der Waals surface area (Å²) in [4.78, 5) is 27.8. The molecule has 2 heterocycles. The van der Waals surface area contributed by atoms with Crippen molar-refractivity contribution in [1.82, 2.24) is 13.9 Å². The van der Waals surface area contributed by atoms with Crippen molar-refractivity contribution in [2.24, 2.45) is 0 Å². The summed E-state index contributed by atoms with van der Waals surface area (Å²) in [6.07, 6.45) is 3.05. The summed E-state index contributed by atoms with van der Waals surface area (Å²) in [5.74, 6) is -1.87. The molecule has 1 amide bonds. The van der Waals surface area contributed by atoms with E-state index in [0.29, 0.717) is 23.9 Å². The minimum absolute atomic E-state index is 0.0552. The Balaban J connectivity index is 2.32. The van der Waals surface area contributed by atoms with Gasteiger partial charge in [0.15, 0.2) is 5.82 Å². The molecule has 0 atom stereocenters. The van der Waals surface area contributed by atoms with E-state index in [0.717, 1.165) is 6.20 Å². The van der Waals surface area contributed by atoms with Crippen molar-refractivity contribution in [3.05, 3.63) is 62.8 Å². The summed E-state index contributed by atoms with van der Waals surface area (Å²) < 4.78 is 35.7. The number of nitrogens with zero attached hydrogens (tertiary/aromatic N) is 2. The number of amides is 1. The minimum Gasteiger partial charge on any atom is -0.485 e. The lowest BCUT2D eigenvalue weighted by Gasteiger charge is -2.16. The maximum absolute atomic E-state index is 13.7. The number of hydrogen-bond acceptors (Lipinski definition) is 4. The number of carbonyl (C=O) groups is 1. The summed E-state index contributed by atoms with van der Waals surface area (Å²) in [6.45, 7) is 3.19. The van der Waals surface area contributed by atoms with Crippen molar-refractivity contribution in [2.45, 2.75) is 33.3 Å². The number of rotatable bonds is 7. The minimum atomic E-state index is -0.859. The molecule has 0 fully saturated rings. The van der Waals surface area contributed by atoms with E-state index in [2.05, 4.69) is 25.5 Å². The Kier molecular flexibility index (Phi) is 7.70. The van der Waals surface area contributed by atoms with Crippen LogP contribution in [-0.4, -0.2) is 15.5 Å². The van der Waals surface area contributed by atoms with Gasteiger partial charge < -0.3 is 4.74 Å². The third-order valence-corrected chi connectivity index (χ3v) is 4.62. The van der Waals surface area contributed by atoms with Gasteiger partial charge in [0.2, 0.25) is 5.91 Å². The highest BCUT2D eigenvalue weighted by molar-refractivity contribution is 9.08. The summed E-state index contributed by atoms with van der Waals surface area (Å²) in [6, 6.07) is 2.22. The number of aromatic nitrogens is 2. The van der Waals surface area contributed by atoms with Gasteiger partial charge in [0.25, 0.3) is 5.56 Å². The number of nitrogens with one attached hydrogen (secondary N) is 1. The van der Waals surface area contributed by atoms with Gasteiger partial charge in [0.1, 0.15) is 28.9 Å². The first kappa shape index (κ1) is 22.0. The highest BCUT2D eigenvalue weighted by Crippen LogP contribution is 2.25. The highest BCUT2D eigenvalue weighted by Gasteiger charge is 2.16. The zero-order valence-electron chi connectivity index (χ0n) is 15.1. The summed E-state index contributed by atoms with van der Waals surface area (Å²) in [5, 5.41) is -0.197. The van der Waals surface area contributed by atoms with Crippen LogP contribution >= 0.6 is 27.7 Å². The molecule has 0 spiro atoms. The van der Waals surface area contributed by atoms with Crippen molar-refractivity contribution in [3.8, 4) is 5.75 Å². The zero-order chi connectivity index (χ0) is 20.8. The average molecular weight is 477 g/mol. The molecule has 28 heavy (non-hydrogen) atoms. The largest absolute Gasteiger partial charge is 0.485 e. The molecule has 1 N–H and O–H groups in total. The van der Waals surface area contributed by atoms with Crippen molar-refractivity contribution >= 4 is 39.4 Å². The van der Waals surface area contributed by atoms with Crippen LogP contribution in [0.4, 0.5) is 8.78 Å². The Hall–Kier alpha value is -2.26. The van der Waals surface area contributed by atoms with Crippen LogP contribution in [0.15, 0.2) is 29.2 Å². The lowest BCUT2D eigenvalue weighted by molar-refractivity contribution is -0.118. The second-order valence-electron chi connectivity index (χ2n) is 5.75. The van der Waals surface area contributed by atoms with Crippen LogP contribution in [0.2, 0.25) is 5.02 Å². The fraction of sp³-hybridized carbons (Fsp3) is 0.278. The predicted octanol–water partition coefficient (Wildman–Crippen LogP) is 4.13. The van der Waals surface area contributed by atoms with Crippen LogP contribution in [0.25, 0.3) is 5.70 Å². The molecule has 0 aliphatic rings. The van der Waals surface area contributed by atoms with Gasteiger partial charge in [0.05, 0.1) is 6.20 Å². The van der Waals surface area contributed by atoms with Crippen molar-refractivity contribution in [1.29, 1.82) is 0 Å². The fourth-order valence-corrected chi connectivity index (χ4v) is 2.84. The van der Waals surface area contributed by atoms with E-state index >= 15 is 0 Å². The quantitative estimate of drug-likeness (QED) is 0.610. The van der Waals surface area contributed by atoms with Crippen LogP contribution in [0.5, 0.6) is 5.75 Å². The molecule has 10 heteroatoms. The van der Waals surface area contributed by atoms with E-state index in [1.54, 1.807) is 13.0 Å². The van der Waals surface area contributed by atoms with Crippen molar-refractivity contribution in [2.75, 3.05) is 0 Å². The van der Waals surface area contributed by atoms with E-state index < -0.39 is 17.2 Å². The Morgan fingerprint density at radius 2 is 2.14 bits per heavy atom. The van der Waals surface area contributed by atoms with Crippen LogP contribution < -0.4 is 14.6 Å². The standard InChI is InChI=1S/C18H17BrClF2N3O3/c1-3-12(4-5-16(26)24-19)25-10(2)6-15(17(20)18(25)27)28-9-14-13(22)7-11(21)8-23-14/h4,6-8H,3,5,9H2,1-2H3,(H,24,26)/b12-4+. The molecule has 150 valence electrons. The molecule has 0 aliphatic carbocycles. The van der Waals surface area contributed by atoms with Gasteiger partial charge in [-0.1, -0.05) is 24.6 Å². The summed E-state index contributed by atoms with van der Waals surface area (Å²) in [5.41, 5.74) is 0.466. The molecular formula is C18H17BrClF2N3O3. The van der Waals surface area contributed by atoms with Crippen molar-refractivity contribution in [3.63, 3.8) is 0 Å². The smallest absolute Gasteiger partial charge is 0.277 e. The number of carbonyl (C=O) groups excluding carboxylic acids is 1. The molecular weight excluding hydrogens is 460 g/mol. The Labute approximate surface area is 173 Å². The van der Waals surface area contributed by atoms with E-state index in [1.165, 1.54) is 10.6 Å². The molecule has 6 nitrogen and oxygen atoms in total. The number of allylic oxidation sites excluding steroid dienone is 1. The number of hydrogen-bond donors (Lipinski definition) is 1. The van der Waals surface area contributed by atoms with Crippen molar-refractivity contribution < 1.29 is 18.3 Å². The molecule has 0 bridgehead atoms. The van der Waals surface area contributed by atoms with Gasteiger partial charge in [0, 0.05) is 46.1 Å². The predicted molar refractivity (Wildman–Crippen MR) is 105 cm³/mol. The zero-order valence-corrected chi connectivity index (χ0v) is 17.4. The Morgan fingerprint density at radius 1 is 1.43 bits per heavy atom. The van der Waals surface area contributed by atoms with Gasteiger partial charge in [-0.05, 0) is 13.3 Å². The second kappa shape index (κ2) is 9.79. The molecule has 0 aromatic carbocycles.